The zero-order valence-corrected chi connectivity index (χ0v) is 15.6. The van der Waals surface area contributed by atoms with Gasteiger partial charge < -0.3 is 19.4 Å². The van der Waals surface area contributed by atoms with Crippen molar-refractivity contribution in [3.05, 3.63) is 34.8 Å². The molecule has 0 atom stereocenters. The van der Waals surface area contributed by atoms with Crippen LogP contribution in [0.25, 0.3) is 6.08 Å². The number of benzene rings is 1. The number of hydrogen-bond donors (Lipinski definition) is 1. The van der Waals surface area contributed by atoms with Gasteiger partial charge in [0.2, 0.25) is 5.91 Å². The monoisotopic (exact) mass is 343 g/mol. The van der Waals surface area contributed by atoms with E-state index in [1.165, 1.54) is 12.5 Å². The molecular formula is C19H26BNO4. The van der Waals surface area contributed by atoms with E-state index >= 15 is 0 Å². The first-order valence-electron chi connectivity index (χ1n) is 8.74. The molecule has 6 heteroatoms. The summed E-state index contributed by atoms with van der Waals surface area (Å²) in [6.45, 7) is 10.7. The summed E-state index contributed by atoms with van der Waals surface area (Å²) in [5.41, 5.74) is 2.32. The van der Waals surface area contributed by atoms with Crippen LogP contribution in [0.15, 0.2) is 23.7 Å². The topological polar surface area (TPSA) is 56.8 Å². The van der Waals surface area contributed by atoms with Crippen LogP contribution in [0.3, 0.4) is 0 Å². The molecule has 1 amide bonds. The van der Waals surface area contributed by atoms with Gasteiger partial charge in [0.1, 0.15) is 5.75 Å². The Kier molecular flexibility index (Phi) is 4.69. The zero-order chi connectivity index (χ0) is 18.2. The fourth-order valence-electron chi connectivity index (χ4n) is 2.93. The maximum Gasteiger partial charge on any atom is 0.492 e. The maximum absolute atomic E-state index is 11.4. The Morgan fingerprint density at radius 1 is 1.24 bits per heavy atom. The number of ether oxygens (including phenoxy) is 1. The number of fused-ring (bicyclic) bond motifs is 1. The Morgan fingerprint density at radius 2 is 1.92 bits per heavy atom. The molecule has 0 aromatic heterocycles. The van der Waals surface area contributed by atoms with E-state index in [1.807, 2.05) is 45.9 Å². The number of nitrogens with one attached hydrogen (secondary N) is 1. The van der Waals surface area contributed by atoms with Gasteiger partial charge in [-0.15, -0.1) is 0 Å². The van der Waals surface area contributed by atoms with Gasteiger partial charge in [-0.05, 0) is 56.4 Å². The van der Waals surface area contributed by atoms with Gasteiger partial charge in [0, 0.05) is 19.9 Å². The van der Waals surface area contributed by atoms with Crippen molar-refractivity contribution in [2.24, 2.45) is 0 Å². The molecule has 3 rings (SSSR count). The summed E-state index contributed by atoms with van der Waals surface area (Å²) in [6.07, 6.45) is 2.96. The maximum atomic E-state index is 11.4. The van der Waals surface area contributed by atoms with Crippen LogP contribution in [0.4, 0.5) is 0 Å². The van der Waals surface area contributed by atoms with Crippen LogP contribution in [0.2, 0.25) is 0 Å². The highest BCUT2D eigenvalue weighted by atomic mass is 16.7. The molecule has 2 heterocycles. The third-order valence-corrected chi connectivity index (χ3v) is 5.16. The average Bonchev–Trinajstić information content (AvgIpc) is 3.05. The highest BCUT2D eigenvalue weighted by molar-refractivity contribution is 6.56. The minimum Gasteiger partial charge on any atom is -0.493 e. The second-order valence-electron chi connectivity index (χ2n) is 7.68. The lowest BCUT2D eigenvalue weighted by Crippen LogP contribution is -2.41. The van der Waals surface area contributed by atoms with Crippen molar-refractivity contribution in [2.75, 3.05) is 13.2 Å². The highest BCUT2D eigenvalue weighted by Gasteiger charge is 2.52. The smallest absolute Gasteiger partial charge is 0.492 e. The minimum absolute atomic E-state index is 0.0789. The van der Waals surface area contributed by atoms with Gasteiger partial charge in [0.05, 0.1) is 17.8 Å². The van der Waals surface area contributed by atoms with Gasteiger partial charge in [-0.25, -0.2) is 0 Å². The van der Waals surface area contributed by atoms with Gasteiger partial charge in [0.15, 0.2) is 0 Å². The van der Waals surface area contributed by atoms with Crippen molar-refractivity contribution < 1.29 is 18.8 Å². The molecule has 0 bridgehead atoms. The molecule has 1 N–H and O–H groups in total. The zero-order valence-electron chi connectivity index (χ0n) is 15.6. The Hall–Kier alpha value is -1.79. The van der Waals surface area contributed by atoms with E-state index in [1.54, 1.807) is 0 Å². The van der Waals surface area contributed by atoms with Crippen molar-refractivity contribution in [1.82, 2.24) is 5.32 Å². The van der Waals surface area contributed by atoms with Crippen molar-refractivity contribution in [2.45, 2.75) is 52.2 Å². The lowest BCUT2D eigenvalue weighted by Gasteiger charge is -2.32. The Balaban J connectivity index is 1.88. The molecule has 1 fully saturated rings. The Morgan fingerprint density at radius 3 is 2.56 bits per heavy atom. The number of carbonyl (C=O) groups excluding carboxylic acids is 1. The van der Waals surface area contributed by atoms with E-state index in [0.717, 1.165) is 29.8 Å². The first-order valence-corrected chi connectivity index (χ1v) is 8.74. The lowest BCUT2D eigenvalue weighted by molar-refractivity contribution is -0.118. The van der Waals surface area contributed by atoms with Crippen molar-refractivity contribution >= 4 is 19.1 Å². The van der Waals surface area contributed by atoms with Gasteiger partial charge in [-0.2, -0.15) is 0 Å². The SMILES string of the molecule is CC(=O)NCC(=Cc1ccc2c(c1)CCO2)B1OC(C)(C)C(C)(C)O1. The van der Waals surface area contributed by atoms with Gasteiger partial charge in [0.25, 0.3) is 0 Å². The Labute approximate surface area is 149 Å². The molecule has 1 saturated heterocycles. The predicted molar refractivity (Wildman–Crippen MR) is 98.4 cm³/mol. The fourth-order valence-corrected chi connectivity index (χ4v) is 2.93. The summed E-state index contributed by atoms with van der Waals surface area (Å²) in [4.78, 5) is 11.4. The molecule has 0 saturated carbocycles. The van der Waals surface area contributed by atoms with Gasteiger partial charge in [-0.1, -0.05) is 12.1 Å². The largest absolute Gasteiger partial charge is 0.493 e. The summed E-state index contributed by atoms with van der Waals surface area (Å²) >= 11 is 0. The number of rotatable bonds is 4. The van der Waals surface area contributed by atoms with E-state index in [2.05, 4.69) is 11.4 Å². The summed E-state index contributed by atoms with van der Waals surface area (Å²) in [7, 11) is -0.485. The second-order valence-corrected chi connectivity index (χ2v) is 7.68. The molecule has 5 nitrogen and oxygen atoms in total. The highest BCUT2D eigenvalue weighted by Crippen LogP contribution is 2.39. The molecule has 0 spiro atoms. The molecule has 1 aromatic carbocycles. The predicted octanol–water partition coefficient (Wildman–Crippen LogP) is 2.77. The Bertz CT molecular complexity index is 695. The summed E-state index contributed by atoms with van der Waals surface area (Å²) in [6, 6.07) is 6.14. The van der Waals surface area contributed by atoms with E-state index < -0.39 is 18.3 Å². The van der Waals surface area contributed by atoms with Crippen LogP contribution in [0.5, 0.6) is 5.75 Å². The van der Waals surface area contributed by atoms with Crippen LogP contribution in [-0.2, 0) is 20.5 Å². The third kappa shape index (κ3) is 3.75. The van der Waals surface area contributed by atoms with Crippen molar-refractivity contribution in [1.29, 1.82) is 0 Å². The first-order chi connectivity index (χ1) is 11.7. The van der Waals surface area contributed by atoms with Gasteiger partial charge in [-0.3, -0.25) is 4.79 Å². The molecular weight excluding hydrogens is 317 g/mol. The lowest BCUT2D eigenvalue weighted by atomic mass is 9.77. The van der Waals surface area contributed by atoms with Crippen LogP contribution in [-0.4, -0.2) is 37.4 Å². The van der Waals surface area contributed by atoms with Crippen LogP contribution >= 0.6 is 0 Å². The first kappa shape index (κ1) is 18.0. The van der Waals surface area contributed by atoms with Crippen LogP contribution < -0.4 is 10.1 Å². The van der Waals surface area contributed by atoms with E-state index in [0.29, 0.717) is 6.54 Å². The molecule has 25 heavy (non-hydrogen) atoms. The molecule has 0 radical (unpaired) electrons. The third-order valence-electron chi connectivity index (χ3n) is 5.16. The molecule has 0 aliphatic carbocycles. The normalized spacial score (nSPS) is 21.0. The van der Waals surface area contributed by atoms with Crippen LogP contribution in [0.1, 0.15) is 45.7 Å². The standard InChI is InChI=1S/C19H26BNO4/c1-13(22)21-12-16(20-24-18(2,3)19(4,5)25-20)11-14-6-7-17-15(10-14)8-9-23-17/h6-7,10-11H,8-9,12H2,1-5H3,(H,21,22). The average molecular weight is 343 g/mol. The molecule has 134 valence electrons. The number of hydrogen-bond acceptors (Lipinski definition) is 4. The van der Waals surface area contributed by atoms with Crippen molar-refractivity contribution in [3.63, 3.8) is 0 Å². The summed E-state index contributed by atoms with van der Waals surface area (Å²) in [5, 5.41) is 2.86. The van der Waals surface area contributed by atoms with E-state index in [4.69, 9.17) is 14.0 Å². The van der Waals surface area contributed by atoms with E-state index in [9.17, 15) is 4.79 Å². The minimum atomic E-state index is -0.485. The number of carbonyl (C=O) groups is 1. The fraction of sp³-hybridized carbons (Fsp3) is 0.526. The number of amides is 1. The van der Waals surface area contributed by atoms with Crippen molar-refractivity contribution in [3.8, 4) is 5.75 Å². The summed E-state index contributed by atoms with van der Waals surface area (Å²) in [5.74, 6) is 0.876. The van der Waals surface area contributed by atoms with Crippen LogP contribution in [0, 0.1) is 0 Å². The van der Waals surface area contributed by atoms with E-state index in [-0.39, 0.29) is 5.91 Å². The van der Waals surface area contributed by atoms with Gasteiger partial charge >= 0.3 is 7.12 Å². The second kappa shape index (κ2) is 6.50. The molecule has 2 aliphatic rings. The molecule has 1 aromatic rings. The molecule has 2 aliphatic heterocycles. The molecule has 0 unspecified atom stereocenters. The quantitative estimate of drug-likeness (QED) is 0.854. The summed E-state index contributed by atoms with van der Waals surface area (Å²) < 4.78 is 17.9.